The van der Waals surface area contributed by atoms with E-state index in [1.807, 2.05) is 0 Å². The molecular weight excluding hydrogens is 364 g/mol. The molecule has 7 heteroatoms. The Morgan fingerprint density at radius 1 is 1.30 bits per heavy atom. The summed E-state index contributed by atoms with van der Waals surface area (Å²) in [5.41, 5.74) is 0. The van der Waals surface area contributed by atoms with Crippen LogP contribution < -0.4 is 4.90 Å². The van der Waals surface area contributed by atoms with Gasteiger partial charge >= 0.3 is 0 Å². The second-order valence-corrected chi connectivity index (χ2v) is 8.19. The summed E-state index contributed by atoms with van der Waals surface area (Å²) in [5, 5.41) is 0.615. The molecule has 0 bridgehead atoms. The van der Waals surface area contributed by atoms with Crippen molar-refractivity contribution in [2.24, 2.45) is 0 Å². The fourth-order valence-corrected chi connectivity index (χ4v) is 4.14. The lowest BCUT2D eigenvalue weighted by molar-refractivity contribution is -0.898. The van der Waals surface area contributed by atoms with E-state index in [-0.39, 0.29) is 0 Å². The van der Waals surface area contributed by atoms with Gasteiger partial charge in [0.05, 0.1) is 36.1 Å². The van der Waals surface area contributed by atoms with Crippen molar-refractivity contribution in [3.63, 3.8) is 0 Å². The normalized spacial score (nSPS) is 18.1. The first-order chi connectivity index (χ1) is 9.39. The van der Waals surface area contributed by atoms with E-state index in [1.165, 1.54) is 9.21 Å². The van der Waals surface area contributed by atoms with Crippen molar-refractivity contribution in [2.75, 3.05) is 32.7 Å². The van der Waals surface area contributed by atoms with Crippen LogP contribution in [0.2, 0.25) is 0 Å². The number of hydrogen-bond acceptors (Lipinski definition) is 2. The number of quaternary nitrogens is 1. The lowest BCUT2D eigenvalue weighted by Gasteiger charge is -2.31. The fourth-order valence-electron chi connectivity index (χ4n) is 2.25. The zero-order chi connectivity index (χ0) is 14.8. The van der Waals surface area contributed by atoms with Crippen LogP contribution in [0.1, 0.15) is 0 Å². The van der Waals surface area contributed by atoms with E-state index >= 15 is 0 Å². The van der Waals surface area contributed by atoms with Gasteiger partial charge in [-0.05, 0) is 24.3 Å². The maximum Gasteiger partial charge on any atom is 0.243 e. The Hall–Kier alpha value is -0.400. The highest BCUT2D eigenvalue weighted by Crippen LogP contribution is 2.18. The molecule has 1 N–H and O–H groups in total. The predicted molar refractivity (Wildman–Crippen MR) is 83.5 cm³/mol. The van der Waals surface area contributed by atoms with Crippen LogP contribution in [0.15, 0.2) is 45.2 Å². The molecule has 20 heavy (non-hydrogen) atoms. The molecule has 1 fully saturated rings. The molecule has 1 aliphatic rings. The predicted octanol–water partition coefficient (Wildman–Crippen LogP) is 1.09. The number of sulfonamides is 1. The van der Waals surface area contributed by atoms with Crippen LogP contribution in [-0.4, -0.2) is 45.4 Å². The van der Waals surface area contributed by atoms with Crippen molar-refractivity contribution in [3.8, 4) is 0 Å². The third-order valence-electron chi connectivity index (χ3n) is 3.32. The van der Waals surface area contributed by atoms with Crippen LogP contribution in [0.4, 0.5) is 0 Å². The van der Waals surface area contributed by atoms with E-state index in [0.29, 0.717) is 29.6 Å². The van der Waals surface area contributed by atoms with Crippen molar-refractivity contribution >= 4 is 37.6 Å². The standard InChI is InChI=1S/C13H16BrClN2O2S/c1-11(15)10-16-6-8-17(9-7-16)20(18,19)13-4-2-12(14)3-5-13/h2-5H,1,6-10H2/p+1. The summed E-state index contributed by atoms with van der Waals surface area (Å²) in [6, 6.07) is 6.73. The van der Waals surface area contributed by atoms with E-state index in [0.717, 1.165) is 17.6 Å². The molecule has 0 aromatic heterocycles. The molecule has 110 valence electrons. The molecule has 4 nitrogen and oxygen atoms in total. The Bertz CT molecular complexity index is 581. The third kappa shape index (κ3) is 3.83. The summed E-state index contributed by atoms with van der Waals surface area (Å²) in [6.45, 7) is 6.90. The minimum absolute atomic E-state index is 0.339. The van der Waals surface area contributed by atoms with Crippen LogP contribution >= 0.6 is 27.5 Å². The van der Waals surface area contributed by atoms with Gasteiger partial charge in [-0.15, -0.1) is 0 Å². The minimum atomic E-state index is -3.39. The van der Waals surface area contributed by atoms with Gasteiger partial charge in [0.1, 0.15) is 6.54 Å². The second kappa shape index (κ2) is 6.58. The average Bonchev–Trinajstić information content (AvgIpc) is 2.39. The van der Waals surface area contributed by atoms with Crippen LogP contribution in [-0.2, 0) is 10.0 Å². The summed E-state index contributed by atoms with van der Waals surface area (Å²) in [6.07, 6.45) is 0. The Labute approximate surface area is 133 Å². The SMILES string of the molecule is C=C(Cl)C[NH+]1CCN(S(=O)(=O)c2ccc(Br)cc2)CC1. The Kier molecular flexibility index (Phi) is 5.25. The van der Waals surface area contributed by atoms with Gasteiger partial charge in [-0.25, -0.2) is 8.42 Å². The van der Waals surface area contributed by atoms with Crippen LogP contribution in [0.25, 0.3) is 0 Å². The van der Waals surface area contributed by atoms with Gasteiger partial charge in [0, 0.05) is 4.47 Å². The summed E-state index contributed by atoms with van der Waals surface area (Å²) in [7, 11) is -3.39. The molecule has 1 aromatic rings. The molecule has 0 unspecified atom stereocenters. The van der Waals surface area contributed by atoms with Crippen molar-refractivity contribution in [2.45, 2.75) is 4.90 Å². The molecule has 0 aliphatic carbocycles. The Morgan fingerprint density at radius 2 is 1.85 bits per heavy atom. The van der Waals surface area contributed by atoms with Gasteiger partial charge < -0.3 is 4.90 Å². The van der Waals surface area contributed by atoms with Crippen molar-refractivity contribution in [1.82, 2.24) is 4.31 Å². The first-order valence-electron chi connectivity index (χ1n) is 6.32. The molecule has 0 atom stereocenters. The van der Waals surface area contributed by atoms with Gasteiger partial charge in [0.15, 0.2) is 0 Å². The molecule has 0 spiro atoms. The number of halogens is 2. The topological polar surface area (TPSA) is 41.8 Å². The van der Waals surface area contributed by atoms with E-state index in [9.17, 15) is 8.42 Å². The first-order valence-corrected chi connectivity index (χ1v) is 8.93. The largest absolute Gasteiger partial charge is 0.328 e. The summed E-state index contributed by atoms with van der Waals surface area (Å²) >= 11 is 9.10. The van der Waals surface area contributed by atoms with Crippen molar-refractivity contribution in [1.29, 1.82) is 0 Å². The van der Waals surface area contributed by atoms with Crippen molar-refractivity contribution < 1.29 is 13.3 Å². The lowest BCUT2D eigenvalue weighted by atomic mass is 10.3. The van der Waals surface area contributed by atoms with Crippen LogP contribution in [0, 0.1) is 0 Å². The zero-order valence-corrected chi connectivity index (χ0v) is 14.1. The van der Waals surface area contributed by atoms with Gasteiger partial charge in [-0.1, -0.05) is 34.1 Å². The van der Waals surface area contributed by atoms with Gasteiger partial charge in [0.2, 0.25) is 10.0 Å². The average molecular weight is 381 g/mol. The smallest absolute Gasteiger partial charge is 0.243 e. The molecule has 0 saturated carbocycles. The summed E-state index contributed by atoms with van der Waals surface area (Å²) in [4.78, 5) is 1.61. The number of rotatable bonds is 4. The zero-order valence-electron chi connectivity index (χ0n) is 11.0. The van der Waals surface area contributed by atoms with E-state index in [2.05, 4.69) is 22.5 Å². The maximum absolute atomic E-state index is 12.5. The van der Waals surface area contributed by atoms with Gasteiger partial charge in [-0.2, -0.15) is 4.31 Å². The van der Waals surface area contributed by atoms with E-state index < -0.39 is 10.0 Å². The number of benzene rings is 1. The first kappa shape index (κ1) is 16.0. The fraction of sp³-hybridized carbons (Fsp3) is 0.385. The number of nitrogens with one attached hydrogen (secondary N) is 1. The van der Waals surface area contributed by atoms with Gasteiger partial charge in [0.25, 0.3) is 0 Å². The lowest BCUT2D eigenvalue weighted by Crippen LogP contribution is -3.14. The molecule has 0 radical (unpaired) electrons. The monoisotopic (exact) mass is 379 g/mol. The van der Waals surface area contributed by atoms with E-state index in [1.54, 1.807) is 24.3 Å². The Balaban J connectivity index is 2.05. The number of hydrogen-bond donors (Lipinski definition) is 1. The molecule has 1 heterocycles. The molecule has 1 saturated heterocycles. The summed E-state index contributed by atoms with van der Waals surface area (Å²) < 4.78 is 27.4. The van der Waals surface area contributed by atoms with E-state index in [4.69, 9.17) is 11.6 Å². The molecule has 1 aromatic carbocycles. The third-order valence-corrected chi connectivity index (χ3v) is 5.90. The van der Waals surface area contributed by atoms with Crippen LogP contribution in [0.5, 0.6) is 0 Å². The Morgan fingerprint density at radius 3 is 2.35 bits per heavy atom. The highest BCUT2D eigenvalue weighted by atomic mass is 79.9. The highest BCUT2D eigenvalue weighted by molar-refractivity contribution is 9.10. The second-order valence-electron chi connectivity index (χ2n) is 4.80. The molecular formula is C13H17BrClN2O2S+. The maximum atomic E-state index is 12.5. The molecule has 1 aliphatic heterocycles. The minimum Gasteiger partial charge on any atom is -0.328 e. The van der Waals surface area contributed by atoms with Crippen molar-refractivity contribution in [3.05, 3.63) is 40.3 Å². The van der Waals surface area contributed by atoms with Crippen LogP contribution in [0.3, 0.4) is 0 Å². The summed E-state index contributed by atoms with van der Waals surface area (Å²) in [5.74, 6) is 0. The number of nitrogens with zero attached hydrogens (tertiary/aromatic N) is 1. The molecule has 0 amide bonds. The van der Waals surface area contributed by atoms with Gasteiger partial charge in [-0.3, -0.25) is 0 Å². The number of piperazine rings is 1. The quantitative estimate of drug-likeness (QED) is 0.850. The molecule has 2 rings (SSSR count). The highest BCUT2D eigenvalue weighted by Gasteiger charge is 2.30.